The molecule has 2 heterocycles. The molecule has 0 aromatic rings. The fraction of sp³-hybridized carbons (Fsp3) is 0.932. The summed E-state index contributed by atoms with van der Waals surface area (Å²) < 4.78 is 22.9. The predicted molar refractivity (Wildman–Crippen MR) is 360 cm³/mol. The molecule has 0 aromatic carbocycles. The molecule has 0 aromatic heterocycles. The predicted octanol–water partition coefficient (Wildman–Crippen LogP) is 15.9. The highest BCUT2D eigenvalue weighted by molar-refractivity contribution is 5.76. The maximum atomic E-state index is 13.3. The van der Waals surface area contributed by atoms with Gasteiger partial charge in [-0.1, -0.05) is 321 Å². The number of ether oxygens (including phenoxy) is 4. The SMILES string of the molecule is CCCCCCCCCC/C=C\CCCCCCCCCCCCCCCCCCCCCCCCCC(=O)NC(COC1OC(CO)C(OC2OC(CO)C(O)C(O)C2O)C(O)C1O)C(O)/C=C/CCCCCCCCCCCCCCCCCCC. The third kappa shape index (κ3) is 42.6. The summed E-state index contributed by atoms with van der Waals surface area (Å²) in [5.41, 5.74) is 0. The summed E-state index contributed by atoms with van der Waals surface area (Å²) in [5.74, 6) is -0.231. The van der Waals surface area contributed by atoms with E-state index in [2.05, 4.69) is 31.3 Å². The van der Waals surface area contributed by atoms with Crippen molar-refractivity contribution in [2.45, 2.75) is 421 Å². The Labute approximate surface area is 539 Å². The number of rotatable bonds is 63. The molecule has 2 rings (SSSR count). The molecule has 12 atom stereocenters. The second-order valence-electron chi connectivity index (χ2n) is 26.8. The summed E-state index contributed by atoms with van der Waals surface area (Å²) in [6.45, 7) is 2.85. The molecule has 0 saturated carbocycles. The molecule has 14 nitrogen and oxygen atoms in total. The molecule has 0 bridgehead atoms. The number of carbonyl (C=O) groups excluding carboxylic acids is 1. The molecule has 2 saturated heterocycles. The second-order valence-corrected chi connectivity index (χ2v) is 26.8. The summed E-state index contributed by atoms with van der Waals surface area (Å²) in [4.78, 5) is 13.3. The highest BCUT2D eigenvalue weighted by Gasteiger charge is 2.51. The number of allylic oxidation sites excluding steroid dienone is 3. The van der Waals surface area contributed by atoms with Crippen LogP contribution in [0, 0.1) is 0 Å². The average Bonchev–Trinajstić information content (AvgIpc) is 1.84. The molecular weight excluding hydrogens is 1110 g/mol. The van der Waals surface area contributed by atoms with Gasteiger partial charge in [0.05, 0.1) is 32.0 Å². The lowest BCUT2D eigenvalue weighted by atomic mass is 9.97. The van der Waals surface area contributed by atoms with E-state index in [1.54, 1.807) is 6.08 Å². The zero-order valence-electron chi connectivity index (χ0n) is 56.7. The number of unbranched alkanes of at least 4 members (excludes halogenated alkanes) is 48. The molecule has 9 N–H and O–H groups in total. The third-order valence-corrected chi connectivity index (χ3v) is 18.6. The van der Waals surface area contributed by atoms with E-state index in [1.807, 2.05) is 6.08 Å². The Morgan fingerprint density at radius 3 is 1.08 bits per heavy atom. The maximum Gasteiger partial charge on any atom is 0.220 e. The molecule has 0 spiro atoms. The lowest BCUT2D eigenvalue weighted by Gasteiger charge is -2.46. The highest BCUT2D eigenvalue weighted by atomic mass is 16.7. The number of amides is 1. The molecular formula is C74H141NO13. The minimum absolute atomic E-state index is 0.231. The van der Waals surface area contributed by atoms with Crippen LogP contribution in [0.3, 0.4) is 0 Å². The van der Waals surface area contributed by atoms with Gasteiger partial charge < -0.3 is 65.1 Å². The zero-order valence-corrected chi connectivity index (χ0v) is 56.7. The van der Waals surface area contributed by atoms with Gasteiger partial charge in [0.2, 0.25) is 5.91 Å². The van der Waals surface area contributed by atoms with Crippen LogP contribution in [0.1, 0.15) is 348 Å². The van der Waals surface area contributed by atoms with Crippen LogP contribution >= 0.6 is 0 Å². The van der Waals surface area contributed by atoms with Crippen molar-refractivity contribution in [2.24, 2.45) is 0 Å². The van der Waals surface area contributed by atoms with Crippen molar-refractivity contribution >= 4 is 5.91 Å². The minimum atomic E-state index is -1.79. The van der Waals surface area contributed by atoms with E-state index in [4.69, 9.17) is 18.9 Å². The van der Waals surface area contributed by atoms with Gasteiger partial charge in [0, 0.05) is 6.42 Å². The molecule has 12 unspecified atom stereocenters. The van der Waals surface area contributed by atoms with E-state index in [9.17, 15) is 45.6 Å². The molecule has 0 aliphatic carbocycles. The van der Waals surface area contributed by atoms with Crippen LogP contribution in [0.5, 0.6) is 0 Å². The number of aliphatic hydroxyl groups is 8. The maximum absolute atomic E-state index is 13.3. The van der Waals surface area contributed by atoms with Gasteiger partial charge in [-0.05, 0) is 44.9 Å². The highest BCUT2D eigenvalue weighted by Crippen LogP contribution is 2.30. The molecule has 1 amide bonds. The largest absolute Gasteiger partial charge is 0.394 e. The molecule has 2 aliphatic heterocycles. The van der Waals surface area contributed by atoms with E-state index in [0.717, 1.165) is 38.5 Å². The standard InChI is InChI=1S/C74H141NO13/c1-3-5-7-9-11-13-15-17-19-21-23-24-25-26-27-28-29-30-31-32-33-34-35-36-37-38-40-42-44-46-48-50-52-54-56-58-66(79)75-62(63(78)57-55-53-51-49-47-45-43-41-39-22-20-18-16-14-12-10-8-6-4-2)61-85-73-71(84)69(82)72(65(60-77)87-73)88-74-70(83)68(81)67(80)64(59-76)86-74/h21,23,55,57,62-65,67-74,76-78,80-84H,3-20,22,24-54,56,58-61H2,1-2H3,(H,75,79)/b23-21-,57-55+. The Kier molecular flexibility index (Phi) is 55.6. The van der Waals surface area contributed by atoms with Crippen molar-refractivity contribution in [3.05, 3.63) is 24.3 Å². The fourth-order valence-corrected chi connectivity index (χ4v) is 12.6. The Balaban J connectivity index is 1.60. The average molecular weight is 1250 g/mol. The molecule has 0 radical (unpaired) electrons. The van der Waals surface area contributed by atoms with Crippen molar-refractivity contribution in [3.8, 4) is 0 Å². The third-order valence-electron chi connectivity index (χ3n) is 18.6. The quantitative estimate of drug-likeness (QED) is 0.0204. The summed E-state index contributed by atoms with van der Waals surface area (Å²) in [6.07, 6.45) is 58.3. The summed E-state index contributed by atoms with van der Waals surface area (Å²) in [5, 5.41) is 87.5. The van der Waals surface area contributed by atoms with Crippen LogP contribution in [0.15, 0.2) is 24.3 Å². The summed E-state index contributed by atoms with van der Waals surface area (Å²) >= 11 is 0. The van der Waals surface area contributed by atoms with Crippen molar-refractivity contribution < 1.29 is 64.6 Å². The van der Waals surface area contributed by atoms with E-state index >= 15 is 0 Å². The number of nitrogens with one attached hydrogen (secondary N) is 1. The van der Waals surface area contributed by atoms with Gasteiger partial charge in [-0.3, -0.25) is 4.79 Å². The smallest absolute Gasteiger partial charge is 0.220 e. The molecule has 520 valence electrons. The molecule has 2 fully saturated rings. The van der Waals surface area contributed by atoms with Crippen molar-refractivity contribution in [1.82, 2.24) is 5.32 Å². The van der Waals surface area contributed by atoms with Gasteiger partial charge in [0.1, 0.15) is 48.8 Å². The first kappa shape index (κ1) is 82.6. The van der Waals surface area contributed by atoms with Crippen LogP contribution in [-0.2, 0) is 23.7 Å². The van der Waals surface area contributed by atoms with Gasteiger partial charge in [-0.25, -0.2) is 0 Å². The number of aliphatic hydroxyl groups excluding tert-OH is 8. The van der Waals surface area contributed by atoms with Crippen LogP contribution in [0.4, 0.5) is 0 Å². The van der Waals surface area contributed by atoms with Crippen molar-refractivity contribution in [3.63, 3.8) is 0 Å². The van der Waals surface area contributed by atoms with Crippen LogP contribution in [-0.4, -0.2) is 140 Å². The van der Waals surface area contributed by atoms with Gasteiger partial charge in [0.25, 0.3) is 0 Å². The monoisotopic (exact) mass is 1250 g/mol. The number of carbonyl (C=O) groups is 1. The Hall–Kier alpha value is -1.53. The summed E-state index contributed by atoms with van der Waals surface area (Å²) in [6, 6.07) is -0.912. The summed E-state index contributed by atoms with van der Waals surface area (Å²) in [7, 11) is 0. The first-order chi connectivity index (χ1) is 43.1. The fourth-order valence-electron chi connectivity index (χ4n) is 12.6. The lowest BCUT2D eigenvalue weighted by Crippen LogP contribution is -2.65. The van der Waals surface area contributed by atoms with Crippen LogP contribution < -0.4 is 5.32 Å². The van der Waals surface area contributed by atoms with E-state index in [0.29, 0.717) is 6.42 Å². The normalized spacial score (nSPS) is 23.2. The molecule has 88 heavy (non-hydrogen) atoms. The number of hydrogen-bond acceptors (Lipinski definition) is 13. The van der Waals surface area contributed by atoms with Crippen molar-refractivity contribution in [1.29, 1.82) is 0 Å². The Bertz CT molecular complexity index is 1570. The van der Waals surface area contributed by atoms with Gasteiger partial charge in [0.15, 0.2) is 12.6 Å². The molecule has 14 heteroatoms. The van der Waals surface area contributed by atoms with Crippen molar-refractivity contribution in [2.75, 3.05) is 19.8 Å². The first-order valence-electron chi connectivity index (χ1n) is 37.6. The van der Waals surface area contributed by atoms with Gasteiger partial charge >= 0.3 is 0 Å². The second kappa shape index (κ2) is 59.2. The zero-order chi connectivity index (χ0) is 63.8. The van der Waals surface area contributed by atoms with Crippen LogP contribution in [0.2, 0.25) is 0 Å². The number of hydrogen-bond donors (Lipinski definition) is 9. The lowest BCUT2D eigenvalue weighted by molar-refractivity contribution is -0.359. The van der Waals surface area contributed by atoms with Gasteiger partial charge in [-0.15, -0.1) is 0 Å². The molecule has 2 aliphatic rings. The van der Waals surface area contributed by atoms with E-state index in [-0.39, 0.29) is 18.9 Å². The Morgan fingerprint density at radius 2 is 0.716 bits per heavy atom. The van der Waals surface area contributed by atoms with E-state index < -0.39 is 86.8 Å². The minimum Gasteiger partial charge on any atom is -0.394 e. The van der Waals surface area contributed by atoms with Gasteiger partial charge in [-0.2, -0.15) is 0 Å². The topological polar surface area (TPSA) is 228 Å². The van der Waals surface area contributed by atoms with Crippen LogP contribution in [0.25, 0.3) is 0 Å². The Morgan fingerprint density at radius 1 is 0.398 bits per heavy atom. The first-order valence-corrected chi connectivity index (χ1v) is 37.6. The van der Waals surface area contributed by atoms with E-state index in [1.165, 1.54) is 283 Å².